The lowest BCUT2D eigenvalue weighted by atomic mass is 10.2. The average Bonchev–Trinajstić information content (AvgIpc) is 2.43. The molecule has 0 saturated carbocycles. The Hall–Kier alpha value is -0.870. The highest BCUT2D eigenvalue weighted by atomic mass is 32.2. The molecule has 1 aromatic rings. The second-order valence-electron chi connectivity index (χ2n) is 4.36. The molecule has 0 spiro atoms. The van der Waals surface area contributed by atoms with Crippen molar-refractivity contribution in [1.29, 1.82) is 0 Å². The number of thioether (sulfide) groups is 1. The van der Waals surface area contributed by atoms with Gasteiger partial charge in [0.15, 0.2) is 11.5 Å². The lowest BCUT2D eigenvalue weighted by molar-refractivity contribution is 0.272. The first-order chi connectivity index (χ1) is 9.27. The summed E-state index contributed by atoms with van der Waals surface area (Å²) in [5, 5.41) is 3.46. The maximum Gasteiger partial charge on any atom is 0.161 e. The molecule has 0 aliphatic rings. The first kappa shape index (κ1) is 16.2. The molecule has 1 aromatic carbocycles. The third-order valence-corrected chi connectivity index (χ3v) is 3.40. The normalized spacial score (nSPS) is 12.2. The van der Waals surface area contributed by atoms with Gasteiger partial charge in [-0.3, -0.25) is 0 Å². The fourth-order valence-corrected chi connectivity index (χ4v) is 2.30. The summed E-state index contributed by atoms with van der Waals surface area (Å²) in [6.45, 7) is 6.37. The van der Waals surface area contributed by atoms with Gasteiger partial charge >= 0.3 is 0 Å². The molecule has 0 saturated heterocycles. The minimum absolute atomic E-state index is 0.540. The Kier molecular flexibility index (Phi) is 8.50. The van der Waals surface area contributed by atoms with E-state index in [4.69, 9.17) is 9.47 Å². The number of benzene rings is 1. The highest BCUT2D eigenvalue weighted by Crippen LogP contribution is 2.25. The van der Waals surface area contributed by atoms with Crippen molar-refractivity contribution < 1.29 is 9.47 Å². The molecule has 0 aliphatic carbocycles. The average molecular weight is 283 g/mol. The van der Waals surface area contributed by atoms with Gasteiger partial charge in [0.25, 0.3) is 0 Å². The van der Waals surface area contributed by atoms with Gasteiger partial charge in [0.05, 0.1) is 6.61 Å². The van der Waals surface area contributed by atoms with Crippen LogP contribution in [-0.2, 0) is 0 Å². The molecule has 1 atom stereocenters. The molecular weight excluding hydrogens is 258 g/mol. The minimum atomic E-state index is 0.540. The van der Waals surface area contributed by atoms with Gasteiger partial charge in [0.1, 0.15) is 6.61 Å². The molecule has 3 nitrogen and oxygen atoms in total. The fourth-order valence-electron chi connectivity index (χ4n) is 1.71. The van der Waals surface area contributed by atoms with E-state index in [2.05, 4.69) is 18.5 Å². The Balaban J connectivity index is 2.25. The van der Waals surface area contributed by atoms with Gasteiger partial charge in [-0.2, -0.15) is 11.8 Å². The van der Waals surface area contributed by atoms with Crippen LogP contribution in [0.15, 0.2) is 24.3 Å². The van der Waals surface area contributed by atoms with Crippen molar-refractivity contribution in [2.75, 3.05) is 31.8 Å². The minimum Gasteiger partial charge on any atom is -0.490 e. The van der Waals surface area contributed by atoms with Crippen molar-refractivity contribution in [1.82, 2.24) is 5.32 Å². The van der Waals surface area contributed by atoms with E-state index in [1.54, 1.807) is 0 Å². The summed E-state index contributed by atoms with van der Waals surface area (Å²) >= 11 is 1.89. The van der Waals surface area contributed by atoms with Crippen molar-refractivity contribution in [3.8, 4) is 11.5 Å². The van der Waals surface area contributed by atoms with Crippen molar-refractivity contribution in [3.63, 3.8) is 0 Å². The van der Waals surface area contributed by atoms with Gasteiger partial charge in [0, 0.05) is 12.6 Å². The molecule has 108 valence electrons. The molecule has 0 bridgehead atoms. The van der Waals surface area contributed by atoms with Crippen LogP contribution in [0.5, 0.6) is 11.5 Å². The Morgan fingerprint density at radius 3 is 2.53 bits per heavy atom. The maximum atomic E-state index is 5.75. The molecule has 1 N–H and O–H groups in total. The lowest BCUT2D eigenvalue weighted by Crippen LogP contribution is -2.30. The molecule has 4 heteroatoms. The van der Waals surface area contributed by atoms with Crippen LogP contribution in [0.1, 0.15) is 20.3 Å². The van der Waals surface area contributed by atoms with Crippen molar-refractivity contribution >= 4 is 11.8 Å². The van der Waals surface area contributed by atoms with E-state index >= 15 is 0 Å². The number of rotatable bonds is 10. The third kappa shape index (κ3) is 6.73. The second kappa shape index (κ2) is 9.98. The molecule has 1 unspecified atom stereocenters. The van der Waals surface area contributed by atoms with E-state index in [-0.39, 0.29) is 0 Å². The van der Waals surface area contributed by atoms with Crippen LogP contribution in [-0.4, -0.2) is 37.8 Å². The number of nitrogens with one attached hydrogen (secondary N) is 1. The van der Waals surface area contributed by atoms with E-state index in [1.807, 2.05) is 43.0 Å². The van der Waals surface area contributed by atoms with Crippen LogP contribution in [0.25, 0.3) is 0 Å². The summed E-state index contributed by atoms with van der Waals surface area (Å²) in [7, 11) is 0. The van der Waals surface area contributed by atoms with Gasteiger partial charge in [-0.1, -0.05) is 12.1 Å². The Bertz CT molecular complexity index is 347. The maximum absolute atomic E-state index is 5.75. The Morgan fingerprint density at radius 2 is 1.89 bits per heavy atom. The molecule has 0 radical (unpaired) electrons. The number of hydrogen-bond acceptors (Lipinski definition) is 4. The standard InChI is InChI=1S/C15H25NO2S/c1-4-17-14-7-5-6-8-15(14)18-11-10-16-13(2)9-12-19-3/h5-8,13,16H,4,9-12H2,1-3H3. The van der Waals surface area contributed by atoms with E-state index in [1.165, 1.54) is 12.2 Å². The smallest absolute Gasteiger partial charge is 0.161 e. The van der Waals surface area contributed by atoms with Crippen LogP contribution in [0, 0.1) is 0 Å². The van der Waals surface area contributed by atoms with E-state index < -0.39 is 0 Å². The van der Waals surface area contributed by atoms with Crippen LogP contribution in [0.2, 0.25) is 0 Å². The van der Waals surface area contributed by atoms with E-state index in [0.29, 0.717) is 19.3 Å². The quantitative estimate of drug-likeness (QED) is 0.668. The summed E-state index contributed by atoms with van der Waals surface area (Å²) in [4.78, 5) is 0. The zero-order valence-electron chi connectivity index (χ0n) is 12.1. The Labute approximate surface area is 121 Å². The topological polar surface area (TPSA) is 30.5 Å². The summed E-state index contributed by atoms with van der Waals surface area (Å²) in [6.07, 6.45) is 3.33. The van der Waals surface area contributed by atoms with Crippen molar-refractivity contribution in [3.05, 3.63) is 24.3 Å². The van der Waals surface area contributed by atoms with Gasteiger partial charge < -0.3 is 14.8 Å². The fraction of sp³-hybridized carbons (Fsp3) is 0.600. The van der Waals surface area contributed by atoms with Crippen LogP contribution < -0.4 is 14.8 Å². The molecule has 0 aliphatic heterocycles. The monoisotopic (exact) mass is 283 g/mol. The molecule has 0 aromatic heterocycles. The molecule has 0 amide bonds. The van der Waals surface area contributed by atoms with Gasteiger partial charge in [-0.25, -0.2) is 0 Å². The predicted octanol–water partition coefficient (Wildman–Crippen LogP) is 3.20. The summed E-state index contributed by atoms with van der Waals surface area (Å²) in [5.41, 5.74) is 0. The van der Waals surface area contributed by atoms with Crippen molar-refractivity contribution in [2.24, 2.45) is 0 Å². The molecule has 19 heavy (non-hydrogen) atoms. The highest BCUT2D eigenvalue weighted by molar-refractivity contribution is 7.98. The van der Waals surface area contributed by atoms with Crippen LogP contribution >= 0.6 is 11.8 Å². The van der Waals surface area contributed by atoms with Gasteiger partial charge in [-0.15, -0.1) is 0 Å². The summed E-state index contributed by atoms with van der Waals surface area (Å²) in [5.74, 6) is 2.84. The van der Waals surface area contributed by atoms with E-state index in [0.717, 1.165) is 18.0 Å². The van der Waals surface area contributed by atoms with Gasteiger partial charge in [-0.05, 0) is 44.4 Å². The molecule has 0 fully saturated rings. The zero-order valence-corrected chi connectivity index (χ0v) is 13.0. The third-order valence-electron chi connectivity index (χ3n) is 2.76. The first-order valence-electron chi connectivity index (χ1n) is 6.84. The molecule has 1 rings (SSSR count). The van der Waals surface area contributed by atoms with Crippen molar-refractivity contribution in [2.45, 2.75) is 26.3 Å². The predicted molar refractivity (Wildman–Crippen MR) is 83.6 cm³/mol. The first-order valence-corrected chi connectivity index (χ1v) is 8.24. The Morgan fingerprint density at radius 1 is 1.21 bits per heavy atom. The summed E-state index contributed by atoms with van der Waals surface area (Å²) in [6, 6.07) is 8.35. The number of para-hydroxylation sites is 2. The van der Waals surface area contributed by atoms with Gasteiger partial charge in [0.2, 0.25) is 0 Å². The van der Waals surface area contributed by atoms with Crippen LogP contribution in [0.4, 0.5) is 0 Å². The summed E-state index contributed by atoms with van der Waals surface area (Å²) < 4.78 is 11.3. The highest BCUT2D eigenvalue weighted by Gasteiger charge is 2.04. The molecule has 0 heterocycles. The zero-order chi connectivity index (χ0) is 13.9. The number of hydrogen-bond donors (Lipinski definition) is 1. The largest absolute Gasteiger partial charge is 0.490 e. The number of ether oxygens (including phenoxy) is 2. The lowest BCUT2D eigenvalue weighted by Gasteiger charge is -2.15. The molecular formula is C15H25NO2S. The van der Waals surface area contributed by atoms with E-state index in [9.17, 15) is 0 Å². The SMILES string of the molecule is CCOc1ccccc1OCCNC(C)CCSC. The second-order valence-corrected chi connectivity index (χ2v) is 5.35. The van der Waals surface area contributed by atoms with Crippen LogP contribution in [0.3, 0.4) is 0 Å².